The largest absolute Gasteiger partial charge is 0.355 e. The minimum Gasteiger partial charge on any atom is -0.355 e. The zero-order chi connectivity index (χ0) is 20.0. The van der Waals surface area contributed by atoms with E-state index in [2.05, 4.69) is 5.32 Å². The molecule has 0 bridgehead atoms. The van der Waals surface area contributed by atoms with Crippen molar-refractivity contribution in [2.75, 3.05) is 17.4 Å². The van der Waals surface area contributed by atoms with E-state index in [-0.39, 0.29) is 20.6 Å². The molecule has 146 valence electrons. The van der Waals surface area contributed by atoms with E-state index >= 15 is 0 Å². The molecule has 0 aliphatic rings. The molecule has 0 saturated carbocycles. The molecule has 0 aliphatic heterocycles. The summed E-state index contributed by atoms with van der Waals surface area (Å²) in [4.78, 5) is 12.5. The summed E-state index contributed by atoms with van der Waals surface area (Å²) in [7, 11) is -4.00. The second-order valence-corrected chi connectivity index (χ2v) is 9.08. The van der Waals surface area contributed by atoms with Gasteiger partial charge in [0, 0.05) is 6.54 Å². The van der Waals surface area contributed by atoms with E-state index in [1.807, 2.05) is 13.8 Å². The molecule has 0 atom stereocenters. The van der Waals surface area contributed by atoms with Crippen LogP contribution in [-0.4, -0.2) is 27.4 Å². The lowest BCUT2D eigenvalue weighted by molar-refractivity contribution is -0.119. The first-order valence-electron chi connectivity index (χ1n) is 8.52. The van der Waals surface area contributed by atoms with Gasteiger partial charge in [0.25, 0.3) is 10.0 Å². The number of hydrogen-bond acceptors (Lipinski definition) is 3. The van der Waals surface area contributed by atoms with Gasteiger partial charge < -0.3 is 5.32 Å². The summed E-state index contributed by atoms with van der Waals surface area (Å²) in [5, 5.41) is 3.04. The molecule has 2 aromatic carbocycles. The predicted octanol–water partition coefficient (Wildman–Crippen LogP) is 4.35. The highest BCUT2D eigenvalue weighted by Gasteiger charge is 2.29. The van der Waals surface area contributed by atoms with Crippen LogP contribution in [0.5, 0.6) is 0 Å². The lowest BCUT2D eigenvalue weighted by atomic mass is 10.1. The molecular formula is C19H22Cl2N2O3S. The van der Waals surface area contributed by atoms with Crippen molar-refractivity contribution in [3.05, 3.63) is 58.6 Å². The molecule has 0 spiro atoms. The quantitative estimate of drug-likeness (QED) is 0.679. The fraction of sp³-hybridized carbons (Fsp3) is 0.316. The number of nitrogens with zero attached hydrogens (tertiary/aromatic N) is 1. The topological polar surface area (TPSA) is 66.5 Å². The highest BCUT2D eigenvalue weighted by atomic mass is 35.5. The van der Waals surface area contributed by atoms with E-state index < -0.39 is 22.5 Å². The zero-order valence-electron chi connectivity index (χ0n) is 15.2. The maximum Gasteiger partial charge on any atom is 0.264 e. The highest BCUT2D eigenvalue weighted by molar-refractivity contribution is 7.92. The summed E-state index contributed by atoms with van der Waals surface area (Å²) >= 11 is 12.3. The molecule has 2 aromatic rings. The zero-order valence-corrected chi connectivity index (χ0v) is 17.5. The van der Waals surface area contributed by atoms with Crippen LogP contribution in [0.3, 0.4) is 0 Å². The Hall–Kier alpha value is -1.76. The van der Waals surface area contributed by atoms with Gasteiger partial charge in [-0.15, -0.1) is 0 Å². The van der Waals surface area contributed by atoms with Crippen LogP contribution in [0.15, 0.2) is 53.4 Å². The third-order valence-corrected chi connectivity index (χ3v) is 6.45. The number of anilines is 1. The second-order valence-electron chi connectivity index (χ2n) is 6.43. The highest BCUT2D eigenvalue weighted by Crippen LogP contribution is 2.35. The lowest BCUT2D eigenvalue weighted by Gasteiger charge is -2.25. The predicted molar refractivity (Wildman–Crippen MR) is 110 cm³/mol. The third-order valence-electron chi connectivity index (χ3n) is 3.86. The summed E-state index contributed by atoms with van der Waals surface area (Å²) in [5.41, 5.74) is 0.159. The molecule has 1 N–H and O–H groups in total. The fourth-order valence-electron chi connectivity index (χ4n) is 2.39. The monoisotopic (exact) mass is 428 g/mol. The Bertz CT molecular complexity index is 887. The number of nitrogens with one attached hydrogen (secondary N) is 1. The number of sulfonamides is 1. The first-order chi connectivity index (χ1) is 12.7. The number of carbonyl (C=O) groups excluding carboxylic acids is 1. The smallest absolute Gasteiger partial charge is 0.264 e. The SMILES string of the molecule is CC(C)CCNC(=O)CN(c1cccc(Cl)c1Cl)S(=O)(=O)c1ccccc1. The Morgan fingerprint density at radius 3 is 2.37 bits per heavy atom. The Balaban J connectivity index is 2.38. The summed E-state index contributed by atoms with van der Waals surface area (Å²) in [6, 6.07) is 12.6. The van der Waals surface area contributed by atoms with Crippen molar-refractivity contribution in [3.8, 4) is 0 Å². The number of amides is 1. The van der Waals surface area contributed by atoms with Crippen LogP contribution in [0.1, 0.15) is 20.3 Å². The van der Waals surface area contributed by atoms with Gasteiger partial charge >= 0.3 is 0 Å². The number of halogens is 2. The molecule has 0 heterocycles. The van der Waals surface area contributed by atoms with Crippen molar-refractivity contribution in [2.45, 2.75) is 25.2 Å². The molecule has 5 nitrogen and oxygen atoms in total. The molecule has 0 fully saturated rings. The van der Waals surface area contributed by atoms with Gasteiger partial charge in [0.1, 0.15) is 6.54 Å². The maximum atomic E-state index is 13.2. The molecule has 1 amide bonds. The second kappa shape index (κ2) is 9.44. The summed E-state index contributed by atoms with van der Waals surface area (Å²) < 4.78 is 27.3. The number of hydrogen-bond donors (Lipinski definition) is 1. The van der Waals surface area contributed by atoms with E-state index in [4.69, 9.17) is 23.2 Å². The van der Waals surface area contributed by atoms with Crippen molar-refractivity contribution in [1.29, 1.82) is 0 Å². The Morgan fingerprint density at radius 1 is 1.07 bits per heavy atom. The van der Waals surface area contributed by atoms with Crippen LogP contribution < -0.4 is 9.62 Å². The molecule has 0 saturated heterocycles. The van der Waals surface area contributed by atoms with Crippen LogP contribution in [0.25, 0.3) is 0 Å². The van der Waals surface area contributed by atoms with Gasteiger partial charge in [-0.3, -0.25) is 9.10 Å². The standard InChI is InChI=1S/C19H22Cl2N2O3S/c1-14(2)11-12-22-18(24)13-23(17-10-6-9-16(20)19(17)21)27(25,26)15-7-4-3-5-8-15/h3-10,14H,11-13H2,1-2H3,(H,22,24). The van der Waals surface area contributed by atoms with Crippen molar-refractivity contribution in [1.82, 2.24) is 5.32 Å². The average molecular weight is 429 g/mol. The number of carbonyl (C=O) groups is 1. The first kappa shape index (κ1) is 21.5. The minimum absolute atomic E-state index is 0.0658. The van der Waals surface area contributed by atoms with Crippen molar-refractivity contribution in [2.24, 2.45) is 5.92 Å². The molecule has 0 unspecified atom stereocenters. The Kier molecular flexibility index (Phi) is 7.53. The van der Waals surface area contributed by atoms with Crippen LogP contribution >= 0.6 is 23.2 Å². The molecule has 0 aliphatic carbocycles. The van der Waals surface area contributed by atoms with Crippen LogP contribution in [0, 0.1) is 5.92 Å². The molecular weight excluding hydrogens is 407 g/mol. The summed E-state index contributed by atoms with van der Waals surface area (Å²) in [6.07, 6.45) is 0.801. The van der Waals surface area contributed by atoms with Gasteiger partial charge in [0.05, 0.1) is 20.6 Å². The number of benzene rings is 2. The average Bonchev–Trinajstić information content (AvgIpc) is 2.62. The fourth-order valence-corrected chi connectivity index (χ4v) is 4.29. The van der Waals surface area contributed by atoms with Crippen molar-refractivity contribution < 1.29 is 13.2 Å². The van der Waals surface area contributed by atoms with Gasteiger partial charge in [-0.1, -0.05) is 61.3 Å². The van der Waals surface area contributed by atoms with E-state index in [0.29, 0.717) is 12.5 Å². The van der Waals surface area contributed by atoms with Crippen molar-refractivity contribution in [3.63, 3.8) is 0 Å². The van der Waals surface area contributed by atoms with E-state index in [0.717, 1.165) is 10.7 Å². The van der Waals surface area contributed by atoms with Gasteiger partial charge in [-0.2, -0.15) is 0 Å². The van der Waals surface area contributed by atoms with Gasteiger partial charge in [0.2, 0.25) is 5.91 Å². The van der Waals surface area contributed by atoms with Crippen molar-refractivity contribution >= 4 is 44.8 Å². The Labute approximate surface area is 170 Å². The first-order valence-corrected chi connectivity index (χ1v) is 10.7. The molecule has 0 radical (unpaired) electrons. The van der Waals surface area contributed by atoms with Gasteiger partial charge in [0.15, 0.2) is 0 Å². The molecule has 8 heteroatoms. The normalized spacial score (nSPS) is 11.4. The van der Waals surface area contributed by atoms with E-state index in [1.165, 1.54) is 18.2 Å². The van der Waals surface area contributed by atoms with Crippen LogP contribution in [0.4, 0.5) is 5.69 Å². The van der Waals surface area contributed by atoms with Crippen LogP contribution in [-0.2, 0) is 14.8 Å². The number of rotatable bonds is 8. The Morgan fingerprint density at radius 2 is 1.74 bits per heavy atom. The van der Waals surface area contributed by atoms with E-state index in [9.17, 15) is 13.2 Å². The molecule has 27 heavy (non-hydrogen) atoms. The van der Waals surface area contributed by atoms with Gasteiger partial charge in [-0.25, -0.2) is 8.42 Å². The minimum atomic E-state index is -4.00. The van der Waals surface area contributed by atoms with Gasteiger partial charge in [-0.05, 0) is 36.6 Å². The lowest BCUT2D eigenvalue weighted by Crippen LogP contribution is -2.41. The summed E-state index contributed by atoms with van der Waals surface area (Å²) in [5.74, 6) is 0.0167. The van der Waals surface area contributed by atoms with E-state index in [1.54, 1.807) is 30.3 Å². The summed E-state index contributed by atoms with van der Waals surface area (Å²) in [6.45, 7) is 4.17. The maximum absolute atomic E-state index is 13.2. The third kappa shape index (κ3) is 5.61. The molecule has 2 rings (SSSR count). The molecule has 0 aromatic heterocycles. The van der Waals surface area contributed by atoms with Crippen LogP contribution in [0.2, 0.25) is 10.0 Å².